The standard InChI is InChI=1S/C16H15ClN2O/c1-10-3-6-14(17)15(7-10)18-12-4-5-13-11(8-12)9-19(2)16(13)20/h3-8,18H,9H2,1-2H3. The van der Waals surface area contributed by atoms with Crippen LogP contribution < -0.4 is 5.32 Å². The number of benzene rings is 2. The predicted molar refractivity (Wildman–Crippen MR) is 81.7 cm³/mol. The summed E-state index contributed by atoms with van der Waals surface area (Å²) in [6.07, 6.45) is 0. The van der Waals surface area contributed by atoms with Gasteiger partial charge >= 0.3 is 0 Å². The predicted octanol–water partition coefficient (Wildman–Crippen LogP) is 3.98. The topological polar surface area (TPSA) is 32.3 Å². The Kier molecular flexibility index (Phi) is 3.14. The number of anilines is 2. The molecule has 1 amide bonds. The molecular formula is C16H15ClN2O. The van der Waals surface area contributed by atoms with Crippen LogP contribution >= 0.6 is 11.6 Å². The van der Waals surface area contributed by atoms with Crippen molar-refractivity contribution in [1.82, 2.24) is 4.90 Å². The summed E-state index contributed by atoms with van der Waals surface area (Å²) in [4.78, 5) is 13.6. The van der Waals surface area contributed by atoms with E-state index < -0.39 is 0 Å². The van der Waals surface area contributed by atoms with E-state index in [9.17, 15) is 4.79 Å². The quantitative estimate of drug-likeness (QED) is 0.906. The average molecular weight is 287 g/mol. The number of aryl methyl sites for hydroxylation is 1. The molecule has 0 aliphatic carbocycles. The monoisotopic (exact) mass is 286 g/mol. The minimum Gasteiger partial charge on any atom is -0.354 e. The van der Waals surface area contributed by atoms with Crippen LogP contribution in [0.5, 0.6) is 0 Å². The van der Waals surface area contributed by atoms with E-state index in [1.807, 2.05) is 50.4 Å². The Balaban J connectivity index is 1.92. The van der Waals surface area contributed by atoms with Gasteiger partial charge < -0.3 is 10.2 Å². The van der Waals surface area contributed by atoms with Gasteiger partial charge in [-0.15, -0.1) is 0 Å². The van der Waals surface area contributed by atoms with Crippen molar-refractivity contribution in [3.05, 3.63) is 58.1 Å². The van der Waals surface area contributed by atoms with Crippen LogP contribution in [-0.4, -0.2) is 17.9 Å². The fourth-order valence-electron chi connectivity index (χ4n) is 2.43. The Labute approximate surface area is 123 Å². The summed E-state index contributed by atoms with van der Waals surface area (Å²) >= 11 is 6.18. The molecule has 0 aromatic heterocycles. The van der Waals surface area contributed by atoms with Crippen LogP contribution in [0.25, 0.3) is 0 Å². The molecule has 0 atom stereocenters. The van der Waals surface area contributed by atoms with Crippen molar-refractivity contribution in [2.24, 2.45) is 0 Å². The number of fused-ring (bicyclic) bond motifs is 1. The maximum absolute atomic E-state index is 11.8. The molecular weight excluding hydrogens is 272 g/mol. The van der Waals surface area contributed by atoms with Gasteiger partial charge in [-0.2, -0.15) is 0 Å². The Morgan fingerprint density at radius 2 is 2.00 bits per heavy atom. The van der Waals surface area contributed by atoms with Gasteiger partial charge in [-0.05, 0) is 48.4 Å². The molecule has 0 spiro atoms. The van der Waals surface area contributed by atoms with Gasteiger partial charge in [0.2, 0.25) is 0 Å². The molecule has 2 aromatic rings. The second-order valence-corrected chi connectivity index (χ2v) is 5.55. The molecule has 3 nitrogen and oxygen atoms in total. The smallest absolute Gasteiger partial charge is 0.254 e. The summed E-state index contributed by atoms with van der Waals surface area (Å²) < 4.78 is 0. The van der Waals surface area contributed by atoms with Crippen molar-refractivity contribution in [2.45, 2.75) is 13.5 Å². The summed E-state index contributed by atoms with van der Waals surface area (Å²) in [7, 11) is 1.81. The van der Waals surface area contributed by atoms with Crippen molar-refractivity contribution in [2.75, 3.05) is 12.4 Å². The van der Waals surface area contributed by atoms with E-state index in [0.29, 0.717) is 11.6 Å². The normalized spacial score (nSPS) is 13.6. The first kappa shape index (κ1) is 13.0. The van der Waals surface area contributed by atoms with Gasteiger partial charge in [-0.3, -0.25) is 4.79 Å². The SMILES string of the molecule is Cc1ccc(Cl)c(Nc2ccc3c(c2)CN(C)C3=O)c1. The molecule has 0 saturated carbocycles. The highest BCUT2D eigenvalue weighted by atomic mass is 35.5. The molecule has 20 heavy (non-hydrogen) atoms. The second kappa shape index (κ2) is 4.84. The maximum Gasteiger partial charge on any atom is 0.254 e. The number of halogens is 1. The van der Waals surface area contributed by atoms with Crippen molar-refractivity contribution in [3.63, 3.8) is 0 Å². The van der Waals surface area contributed by atoms with E-state index in [2.05, 4.69) is 5.32 Å². The van der Waals surface area contributed by atoms with Gasteiger partial charge in [0.1, 0.15) is 0 Å². The molecule has 0 fully saturated rings. The minimum absolute atomic E-state index is 0.0835. The zero-order valence-corrected chi connectivity index (χ0v) is 12.2. The summed E-state index contributed by atoms with van der Waals surface area (Å²) in [6.45, 7) is 2.68. The van der Waals surface area contributed by atoms with E-state index in [-0.39, 0.29) is 5.91 Å². The van der Waals surface area contributed by atoms with Crippen molar-refractivity contribution >= 4 is 28.9 Å². The summed E-state index contributed by atoms with van der Waals surface area (Å²) in [6, 6.07) is 11.7. The lowest BCUT2D eigenvalue weighted by atomic mass is 10.1. The van der Waals surface area contributed by atoms with Gasteiger partial charge in [0.25, 0.3) is 5.91 Å². The van der Waals surface area contributed by atoms with E-state index >= 15 is 0 Å². The molecule has 1 aliphatic rings. The van der Waals surface area contributed by atoms with Crippen LogP contribution in [0.1, 0.15) is 21.5 Å². The number of hydrogen-bond donors (Lipinski definition) is 1. The number of carbonyl (C=O) groups is 1. The lowest BCUT2D eigenvalue weighted by Crippen LogP contribution is -2.17. The third-order valence-corrected chi connectivity index (χ3v) is 3.82. The molecule has 4 heteroatoms. The molecule has 1 aliphatic heterocycles. The number of nitrogens with zero attached hydrogens (tertiary/aromatic N) is 1. The summed E-state index contributed by atoms with van der Waals surface area (Å²) in [5.74, 6) is 0.0835. The molecule has 1 heterocycles. The third kappa shape index (κ3) is 2.25. The molecule has 102 valence electrons. The maximum atomic E-state index is 11.8. The zero-order valence-electron chi connectivity index (χ0n) is 11.4. The Hall–Kier alpha value is -2.00. The second-order valence-electron chi connectivity index (χ2n) is 5.14. The fourth-order valence-corrected chi connectivity index (χ4v) is 2.60. The number of hydrogen-bond acceptors (Lipinski definition) is 2. The molecule has 0 unspecified atom stereocenters. The molecule has 0 bridgehead atoms. The van der Waals surface area contributed by atoms with Gasteiger partial charge in [0.05, 0.1) is 10.7 Å². The number of rotatable bonds is 2. The van der Waals surface area contributed by atoms with Crippen LogP contribution in [0.3, 0.4) is 0 Å². The van der Waals surface area contributed by atoms with Crippen LogP contribution in [0.15, 0.2) is 36.4 Å². The zero-order chi connectivity index (χ0) is 14.3. The summed E-state index contributed by atoms with van der Waals surface area (Å²) in [5.41, 5.74) is 4.80. The van der Waals surface area contributed by atoms with Crippen molar-refractivity contribution in [1.29, 1.82) is 0 Å². The third-order valence-electron chi connectivity index (χ3n) is 3.49. The van der Waals surface area contributed by atoms with Crippen molar-refractivity contribution < 1.29 is 4.79 Å². The van der Waals surface area contributed by atoms with Crippen LogP contribution in [-0.2, 0) is 6.54 Å². The van der Waals surface area contributed by atoms with E-state index in [1.54, 1.807) is 4.90 Å². The average Bonchev–Trinajstić information content (AvgIpc) is 2.69. The van der Waals surface area contributed by atoms with Crippen LogP contribution in [0.2, 0.25) is 5.02 Å². The first-order valence-electron chi connectivity index (χ1n) is 6.46. The highest BCUT2D eigenvalue weighted by molar-refractivity contribution is 6.33. The Morgan fingerprint density at radius 1 is 1.20 bits per heavy atom. The minimum atomic E-state index is 0.0835. The van der Waals surface area contributed by atoms with E-state index in [1.165, 1.54) is 0 Å². The number of nitrogens with one attached hydrogen (secondary N) is 1. The lowest BCUT2D eigenvalue weighted by Gasteiger charge is -2.10. The lowest BCUT2D eigenvalue weighted by molar-refractivity contribution is 0.0816. The molecule has 0 saturated heterocycles. The Morgan fingerprint density at radius 3 is 2.80 bits per heavy atom. The van der Waals surface area contributed by atoms with Crippen LogP contribution in [0, 0.1) is 6.92 Å². The highest BCUT2D eigenvalue weighted by Crippen LogP contribution is 2.29. The largest absolute Gasteiger partial charge is 0.354 e. The summed E-state index contributed by atoms with van der Waals surface area (Å²) in [5, 5.41) is 4.00. The van der Waals surface area contributed by atoms with Crippen molar-refractivity contribution in [3.8, 4) is 0 Å². The highest BCUT2D eigenvalue weighted by Gasteiger charge is 2.24. The van der Waals surface area contributed by atoms with Gasteiger partial charge in [-0.1, -0.05) is 17.7 Å². The van der Waals surface area contributed by atoms with Gasteiger partial charge in [0, 0.05) is 24.8 Å². The number of amides is 1. The van der Waals surface area contributed by atoms with Gasteiger partial charge in [0.15, 0.2) is 0 Å². The van der Waals surface area contributed by atoms with E-state index in [4.69, 9.17) is 11.6 Å². The molecule has 0 radical (unpaired) electrons. The molecule has 1 N–H and O–H groups in total. The first-order valence-corrected chi connectivity index (χ1v) is 6.84. The number of carbonyl (C=O) groups excluding carboxylic acids is 1. The van der Waals surface area contributed by atoms with Crippen LogP contribution in [0.4, 0.5) is 11.4 Å². The first-order chi connectivity index (χ1) is 9.54. The van der Waals surface area contributed by atoms with E-state index in [0.717, 1.165) is 28.1 Å². The van der Waals surface area contributed by atoms with Gasteiger partial charge in [-0.25, -0.2) is 0 Å². The molecule has 3 rings (SSSR count). The Bertz CT molecular complexity index is 697. The fraction of sp³-hybridized carbons (Fsp3) is 0.188. The molecule has 2 aromatic carbocycles.